The Bertz CT molecular complexity index is 292. The number of amides is 2. The Balaban J connectivity index is 2.73. The standard InChI is InChI=1S/C14H26N2O2/c1-4-7-8-10-16-12(9-5-2)13(17)15-11(6-3)14(16)18/h11-12H,4-10H2,1-3H3,(H,15,17). The Hall–Kier alpha value is -1.06. The molecule has 0 aromatic carbocycles. The Morgan fingerprint density at radius 3 is 2.39 bits per heavy atom. The minimum Gasteiger partial charge on any atom is -0.343 e. The van der Waals surface area contributed by atoms with Crippen LogP contribution in [0.25, 0.3) is 0 Å². The Kier molecular flexibility index (Phi) is 6.16. The van der Waals surface area contributed by atoms with Crippen LogP contribution in [0.5, 0.6) is 0 Å². The fourth-order valence-electron chi connectivity index (χ4n) is 2.46. The van der Waals surface area contributed by atoms with E-state index >= 15 is 0 Å². The van der Waals surface area contributed by atoms with E-state index in [0.29, 0.717) is 6.42 Å². The second-order valence-corrected chi connectivity index (χ2v) is 5.01. The summed E-state index contributed by atoms with van der Waals surface area (Å²) in [5.74, 6) is 0.131. The van der Waals surface area contributed by atoms with E-state index < -0.39 is 0 Å². The number of unbranched alkanes of at least 4 members (excludes halogenated alkanes) is 2. The minimum atomic E-state index is -0.313. The summed E-state index contributed by atoms with van der Waals surface area (Å²) in [6, 6.07) is -0.561. The van der Waals surface area contributed by atoms with Crippen LogP contribution in [0.15, 0.2) is 0 Å². The number of carbonyl (C=O) groups is 2. The van der Waals surface area contributed by atoms with Gasteiger partial charge in [-0.25, -0.2) is 0 Å². The first-order chi connectivity index (χ1) is 8.65. The van der Waals surface area contributed by atoms with Crippen molar-refractivity contribution in [3.05, 3.63) is 0 Å². The van der Waals surface area contributed by atoms with E-state index in [1.165, 1.54) is 0 Å². The Labute approximate surface area is 110 Å². The maximum Gasteiger partial charge on any atom is 0.245 e. The van der Waals surface area contributed by atoms with Crippen LogP contribution in [0.4, 0.5) is 0 Å². The lowest BCUT2D eigenvalue weighted by Gasteiger charge is -2.38. The van der Waals surface area contributed by atoms with Crippen molar-refractivity contribution in [3.63, 3.8) is 0 Å². The summed E-state index contributed by atoms with van der Waals surface area (Å²) in [5, 5.41) is 2.84. The highest BCUT2D eigenvalue weighted by atomic mass is 16.2. The highest BCUT2D eigenvalue weighted by Crippen LogP contribution is 2.17. The highest BCUT2D eigenvalue weighted by Gasteiger charge is 2.38. The van der Waals surface area contributed by atoms with Gasteiger partial charge in [0.2, 0.25) is 11.8 Å². The molecule has 1 fully saturated rings. The van der Waals surface area contributed by atoms with E-state index in [2.05, 4.69) is 12.2 Å². The number of nitrogens with zero attached hydrogens (tertiary/aromatic N) is 1. The molecule has 0 spiro atoms. The second kappa shape index (κ2) is 7.39. The summed E-state index contributed by atoms with van der Waals surface area (Å²) in [6.07, 6.45) is 5.59. The largest absolute Gasteiger partial charge is 0.343 e. The van der Waals surface area contributed by atoms with Gasteiger partial charge in [0.25, 0.3) is 0 Å². The van der Waals surface area contributed by atoms with Crippen molar-refractivity contribution in [2.24, 2.45) is 0 Å². The first kappa shape index (κ1) is 15.0. The molecule has 0 aliphatic carbocycles. The van der Waals surface area contributed by atoms with Crippen molar-refractivity contribution in [2.75, 3.05) is 6.54 Å². The molecule has 18 heavy (non-hydrogen) atoms. The van der Waals surface area contributed by atoms with Gasteiger partial charge < -0.3 is 10.2 Å². The summed E-state index contributed by atoms with van der Waals surface area (Å²) >= 11 is 0. The van der Waals surface area contributed by atoms with Crippen molar-refractivity contribution >= 4 is 11.8 Å². The van der Waals surface area contributed by atoms with Gasteiger partial charge in [0.15, 0.2) is 0 Å². The first-order valence-corrected chi connectivity index (χ1v) is 7.26. The SMILES string of the molecule is CCCCCN1C(=O)C(CC)NC(=O)C1CCC. The number of hydrogen-bond donors (Lipinski definition) is 1. The maximum absolute atomic E-state index is 12.3. The van der Waals surface area contributed by atoms with Crippen molar-refractivity contribution in [1.29, 1.82) is 0 Å². The molecule has 0 aromatic heterocycles. The fourth-order valence-corrected chi connectivity index (χ4v) is 2.46. The normalized spacial score (nSPS) is 24.3. The predicted molar refractivity (Wildman–Crippen MR) is 72.2 cm³/mol. The minimum absolute atomic E-state index is 0.0276. The third kappa shape index (κ3) is 3.47. The lowest BCUT2D eigenvalue weighted by Crippen LogP contribution is -2.63. The molecular formula is C14H26N2O2. The van der Waals surface area contributed by atoms with E-state index in [-0.39, 0.29) is 23.9 Å². The van der Waals surface area contributed by atoms with Crippen LogP contribution in [-0.4, -0.2) is 35.3 Å². The van der Waals surface area contributed by atoms with Gasteiger partial charge in [0.1, 0.15) is 12.1 Å². The average molecular weight is 254 g/mol. The van der Waals surface area contributed by atoms with Gasteiger partial charge in [0, 0.05) is 6.54 Å². The average Bonchev–Trinajstić information content (AvgIpc) is 2.37. The van der Waals surface area contributed by atoms with Crippen LogP contribution >= 0.6 is 0 Å². The molecule has 0 saturated carbocycles. The Morgan fingerprint density at radius 2 is 1.83 bits per heavy atom. The van der Waals surface area contributed by atoms with Crippen LogP contribution in [0.3, 0.4) is 0 Å². The van der Waals surface area contributed by atoms with Gasteiger partial charge in [-0.05, 0) is 19.3 Å². The number of nitrogens with one attached hydrogen (secondary N) is 1. The van der Waals surface area contributed by atoms with Crippen molar-refractivity contribution < 1.29 is 9.59 Å². The van der Waals surface area contributed by atoms with Crippen LogP contribution in [0.1, 0.15) is 59.3 Å². The maximum atomic E-state index is 12.3. The van der Waals surface area contributed by atoms with Gasteiger partial charge >= 0.3 is 0 Å². The molecule has 0 aromatic rings. The quantitative estimate of drug-likeness (QED) is 0.707. The molecule has 1 aliphatic rings. The lowest BCUT2D eigenvalue weighted by molar-refractivity contribution is -0.149. The first-order valence-electron chi connectivity index (χ1n) is 7.26. The van der Waals surface area contributed by atoms with Gasteiger partial charge in [-0.3, -0.25) is 9.59 Å². The molecule has 0 bridgehead atoms. The van der Waals surface area contributed by atoms with Crippen LogP contribution in [0, 0.1) is 0 Å². The number of carbonyl (C=O) groups excluding carboxylic acids is 2. The zero-order valence-corrected chi connectivity index (χ0v) is 11.9. The molecule has 1 saturated heterocycles. The molecule has 1 heterocycles. The summed E-state index contributed by atoms with van der Waals surface area (Å²) in [6.45, 7) is 6.85. The lowest BCUT2D eigenvalue weighted by atomic mass is 10.0. The topological polar surface area (TPSA) is 49.4 Å². The molecule has 2 amide bonds. The number of rotatable bonds is 7. The summed E-state index contributed by atoms with van der Waals surface area (Å²) < 4.78 is 0. The van der Waals surface area contributed by atoms with Crippen LogP contribution < -0.4 is 5.32 Å². The van der Waals surface area contributed by atoms with Crippen LogP contribution in [-0.2, 0) is 9.59 Å². The zero-order chi connectivity index (χ0) is 13.5. The molecule has 2 unspecified atom stereocenters. The summed E-state index contributed by atoms with van der Waals surface area (Å²) in [5.41, 5.74) is 0. The molecule has 1 aliphatic heterocycles. The summed E-state index contributed by atoms with van der Waals surface area (Å²) in [4.78, 5) is 26.1. The molecule has 1 rings (SSSR count). The molecular weight excluding hydrogens is 228 g/mol. The number of hydrogen-bond acceptors (Lipinski definition) is 2. The van der Waals surface area contributed by atoms with Gasteiger partial charge in [0.05, 0.1) is 0 Å². The molecule has 0 radical (unpaired) electrons. The van der Waals surface area contributed by atoms with Gasteiger partial charge in [-0.2, -0.15) is 0 Å². The fraction of sp³-hybridized carbons (Fsp3) is 0.857. The van der Waals surface area contributed by atoms with E-state index in [0.717, 1.165) is 38.6 Å². The Morgan fingerprint density at radius 1 is 1.11 bits per heavy atom. The molecule has 2 atom stereocenters. The third-order valence-corrected chi connectivity index (χ3v) is 3.55. The second-order valence-electron chi connectivity index (χ2n) is 5.01. The predicted octanol–water partition coefficient (Wildman–Crippen LogP) is 2.08. The highest BCUT2D eigenvalue weighted by molar-refractivity contribution is 5.96. The van der Waals surface area contributed by atoms with E-state index in [1.54, 1.807) is 0 Å². The molecule has 4 nitrogen and oxygen atoms in total. The molecule has 104 valence electrons. The zero-order valence-electron chi connectivity index (χ0n) is 11.9. The number of piperazine rings is 1. The third-order valence-electron chi connectivity index (χ3n) is 3.55. The summed E-state index contributed by atoms with van der Waals surface area (Å²) in [7, 11) is 0. The smallest absolute Gasteiger partial charge is 0.245 e. The van der Waals surface area contributed by atoms with Crippen molar-refractivity contribution in [2.45, 2.75) is 71.4 Å². The molecule has 1 N–H and O–H groups in total. The van der Waals surface area contributed by atoms with E-state index in [9.17, 15) is 9.59 Å². The van der Waals surface area contributed by atoms with Crippen LogP contribution in [0.2, 0.25) is 0 Å². The van der Waals surface area contributed by atoms with Gasteiger partial charge in [-0.1, -0.05) is 40.0 Å². The van der Waals surface area contributed by atoms with Crippen molar-refractivity contribution in [3.8, 4) is 0 Å². The van der Waals surface area contributed by atoms with Crippen molar-refractivity contribution in [1.82, 2.24) is 10.2 Å². The monoisotopic (exact) mass is 254 g/mol. The molecule has 4 heteroatoms. The van der Waals surface area contributed by atoms with Gasteiger partial charge in [-0.15, -0.1) is 0 Å². The van der Waals surface area contributed by atoms with E-state index in [4.69, 9.17) is 0 Å². The van der Waals surface area contributed by atoms with E-state index in [1.807, 2.05) is 18.7 Å².